The Morgan fingerprint density at radius 2 is 2.16 bits per heavy atom. The largest absolute Gasteiger partial charge is 0.469 e. The van der Waals surface area contributed by atoms with Crippen molar-refractivity contribution in [1.29, 1.82) is 0 Å². The van der Waals surface area contributed by atoms with Crippen molar-refractivity contribution in [3.8, 4) is 0 Å². The number of carbonyl (C=O) groups is 1. The van der Waals surface area contributed by atoms with Crippen molar-refractivity contribution in [1.82, 2.24) is 0 Å². The molecule has 19 heavy (non-hydrogen) atoms. The second-order valence-corrected chi connectivity index (χ2v) is 5.79. The second-order valence-electron chi connectivity index (χ2n) is 5.79. The third-order valence-corrected chi connectivity index (χ3v) is 4.58. The summed E-state index contributed by atoms with van der Waals surface area (Å²) in [5, 5.41) is 19.8. The van der Waals surface area contributed by atoms with Crippen molar-refractivity contribution in [2.75, 3.05) is 7.11 Å². The Morgan fingerprint density at radius 3 is 2.89 bits per heavy atom. The summed E-state index contributed by atoms with van der Waals surface area (Å²) in [7, 11) is 1.36. The van der Waals surface area contributed by atoms with Crippen LogP contribution in [-0.4, -0.2) is 59.4 Å². The molecule has 1 saturated carbocycles. The molecule has 0 radical (unpaired) electrons. The van der Waals surface area contributed by atoms with Crippen LogP contribution in [0.5, 0.6) is 0 Å². The highest BCUT2D eigenvalue weighted by molar-refractivity contribution is 5.69. The number of rotatable bonds is 2. The Labute approximate surface area is 111 Å². The minimum atomic E-state index is -0.834. The highest BCUT2D eigenvalue weighted by Gasteiger charge is 2.59. The second kappa shape index (κ2) is 4.70. The van der Waals surface area contributed by atoms with E-state index in [-0.39, 0.29) is 30.7 Å². The van der Waals surface area contributed by atoms with Crippen LogP contribution in [0.2, 0.25) is 0 Å². The van der Waals surface area contributed by atoms with Gasteiger partial charge in [0.25, 0.3) is 0 Å². The number of methoxy groups -OCH3 is 1. The lowest BCUT2D eigenvalue weighted by atomic mass is 9.76. The number of fused-ring (bicyclic) bond motifs is 1. The molecule has 0 amide bonds. The molecule has 2 heterocycles. The number of hydrogen-bond acceptors (Lipinski definition) is 6. The molecule has 3 aliphatic rings. The van der Waals surface area contributed by atoms with Gasteiger partial charge in [-0.3, -0.25) is 4.79 Å². The molecule has 0 aromatic rings. The van der Waals surface area contributed by atoms with E-state index in [0.717, 1.165) is 12.8 Å². The first-order valence-electron chi connectivity index (χ1n) is 6.80. The van der Waals surface area contributed by atoms with Crippen LogP contribution in [0, 0.1) is 0 Å². The van der Waals surface area contributed by atoms with Gasteiger partial charge < -0.3 is 24.4 Å². The van der Waals surface area contributed by atoms with Crippen molar-refractivity contribution >= 4 is 5.97 Å². The minimum Gasteiger partial charge on any atom is -0.469 e. The minimum absolute atomic E-state index is 0.0850. The number of aliphatic hydroxyl groups excluding tert-OH is 2. The third-order valence-electron chi connectivity index (χ3n) is 4.58. The molecule has 0 aromatic carbocycles. The van der Waals surface area contributed by atoms with Gasteiger partial charge in [0.1, 0.15) is 6.10 Å². The zero-order chi connectivity index (χ0) is 13.6. The molecule has 108 valence electrons. The Kier molecular flexibility index (Phi) is 3.29. The highest BCUT2D eigenvalue weighted by Crippen LogP contribution is 2.49. The van der Waals surface area contributed by atoms with E-state index in [1.807, 2.05) is 0 Å². The molecule has 3 rings (SSSR count). The number of carbonyl (C=O) groups excluding carboxylic acids is 1. The molecule has 2 bridgehead atoms. The van der Waals surface area contributed by atoms with Gasteiger partial charge in [0.2, 0.25) is 0 Å². The van der Waals surface area contributed by atoms with Gasteiger partial charge in [-0.25, -0.2) is 0 Å². The standard InChI is InChI=1S/C13H20O6/c1-17-11(15)4-7-2-3-10-13(19-7)5-8(14)12(16)9(6-13)18-10/h7-10,12,14,16H,2-6H2,1H3/t7-,8-,9-,10+,12-,13+/m1/s1. The lowest BCUT2D eigenvalue weighted by Gasteiger charge is -2.44. The van der Waals surface area contributed by atoms with Crippen molar-refractivity contribution in [3.63, 3.8) is 0 Å². The fraction of sp³-hybridized carbons (Fsp3) is 0.923. The molecule has 6 nitrogen and oxygen atoms in total. The Hall–Kier alpha value is -0.690. The van der Waals surface area contributed by atoms with Gasteiger partial charge >= 0.3 is 5.97 Å². The van der Waals surface area contributed by atoms with E-state index in [2.05, 4.69) is 4.74 Å². The van der Waals surface area contributed by atoms with Gasteiger partial charge in [-0.15, -0.1) is 0 Å². The van der Waals surface area contributed by atoms with Gasteiger partial charge in [0.15, 0.2) is 0 Å². The summed E-state index contributed by atoms with van der Waals surface area (Å²) in [4.78, 5) is 11.3. The smallest absolute Gasteiger partial charge is 0.308 e. The molecule has 6 heteroatoms. The highest BCUT2D eigenvalue weighted by atomic mass is 16.6. The summed E-state index contributed by atoms with van der Waals surface area (Å²) >= 11 is 0. The normalized spacial score (nSPS) is 48.7. The van der Waals surface area contributed by atoms with Crippen molar-refractivity contribution in [2.45, 2.75) is 68.2 Å². The first kappa shape index (κ1) is 13.3. The number of hydrogen-bond donors (Lipinski definition) is 2. The predicted octanol–water partition coefficient (Wildman–Crippen LogP) is -0.250. The Balaban J connectivity index is 1.73. The monoisotopic (exact) mass is 272 g/mol. The van der Waals surface area contributed by atoms with Crippen LogP contribution >= 0.6 is 0 Å². The lowest BCUT2D eigenvalue weighted by molar-refractivity contribution is -0.184. The molecular weight excluding hydrogens is 252 g/mol. The molecule has 1 aliphatic carbocycles. The van der Waals surface area contributed by atoms with Crippen molar-refractivity contribution in [2.24, 2.45) is 0 Å². The fourth-order valence-corrected chi connectivity index (χ4v) is 3.64. The first-order valence-corrected chi connectivity index (χ1v) is 6.80. The van der Waals surface area contributed by atoms with Crippen LogP contribution in [0.15, 0.2) is 0 Å². The Morgan fingerprint density at radius 1 is 1.37 bits per heavy atom. The van der Waals surface area contributed by atoms with Crippen LogP contribution in [0.1, 0.15) is 32.1 Å². The molecule has 2 aliphatic heterocycles. The van der Waals surface area contributed by atoms with E-state index in [0.29, 0.717) is 12.8 Å². The van der Waals surface area contributed by atoms with E-state index in [4.69, 9.17) is 9.47 Å². The average Bonchev–Trinajstić information content (AvgIpc) is 2.70. The summed E-state index contributed by atoms with van der Waals surface area (Å²) < 4.78 is 16.5. The van der Waals surface area contributed by atoms with Crippen LogP contribution in [0.4, 0.5) is 0 Å². The van der Waals surface area contributed by atoms with Gasteiger partial charge in [-0.2, -0.15) is 0 Å². The molecule has 0 aromatic heterocycles. The third kappa shape index (κ3) is 2.16. The lowest BCUT2D eigenvalue weighted by Crippen LogP contribution is -2.54. The maximum Gasteiger partial charge on any atom is 0.308 e. The van der Waals surface area contributed by atoms with Gasteiger partial charge in [-0.1, -0.05) is 0 Å². The van der Waals surface area contributed by atoms with Crippen molar-refractivity contribution < 1.29 is 29.2 Å². The first-order chi connectivity index (χ1) is 9.04. The van der Waals surface area contributed by atoms with E-state index in [9.17, 15) is 15.0 Å². The molecular formula is C13H20O6. The predicted molar refractivity (Wildman–Crippen MR) is 63.4 cm³/mol. The summed E-state index contributed by atoms with van der Waals surface area (Å²) in [6, 6.07) is 0. The van der Waals surface area contributed by atoms with Crippen LogP contribution in [0.25, 0.3) is 0 Å². The molecule has 2 N–H and O–H groups in total. The molecule has 1 spiro atoms. The quantitative estimate of drug-likeness (QED) is 0.674. The molecule has 2 saturated heterocycles. The van der Waals surface area contributed by atoms with Gasteiger partial charge in [-0.05, 0) is 12.8 Å². The van der Waals surface area contributed by atoms with Crippen molar-refractivity contribution in [3.05, 3.63) is 0 Å². The van der Waals surface area contributed by atoms with E-state index >= 15 is 0 Å². The summed E-state index contributed by atoms with van der Waals surface area (Å²) in [6.07, 6.45) is 0.434. The number of aliphatic hydroxyl groups is 2. The van der Waals surface area contributed by atoms with E-state index in [1.165, 1.54) is 7.11 Å². The zero-order valence-corrected chi connectivity index (χ0v) is 10.9. The Bertz CT molecular complexity index is 372. The molecule has 3 fully saturated rings. The van der Waals surface area contributed by atoms with Gasteiger partial charge in [0.05, 0.1) is 43.5 Å². The topological polar surface area (TPSA) is 85.2 Å². The molecule has 0 unspecified atom stereocenters. The van der Waals surface area contributed by atoms with E-state index in [1.54, 1.807) is 0 Å². The maximum absolute atomic E-state index is 11.3. The van der Waals surface area contributed by atoms with Crippen LogP contribution < -0.4 is 0 Å². The summed E-state index contributed by atoms with van der Waals surface area (Å²) in [5.74, 6) is -0.285. The fourth-order valence-electron chi connectivity index (χ4n) is 3.64. The molecule has 6 atom stereocenters. The van der Waals surface area contributed by atoms with E-state index < -0.39 is 17.8 Å². The van der Waals surface area contributed by atoms with Gasteiger partial charge in [0, 0.05) is 12.8 Å². The zero-order valence-electron chi connectivity index (χ0n) is 10.9. The maximum atomic E-state index is 11.3. The number of esters is 1. The van der Waals surface area contributed by atoms with Crippen LogP contribution in [0.3, 0.4) is 0 Å². The van der Waals surface area contributed by atoms with Crippen LogP contribution in [-0.2, 0) is 19.0 Å². The summed E-state index contributed by atoms with van der Waals surface area (Å²) in [5.41, 5.74) is -0.541. The number of ether oxygens (including phenoxy) is 3. The summed E-state index contributed by atoms with van der Waals surface area (Å²) in [6.45, 7) is 0. The average molecular weight is 272 g/mol. The SMILES string of the molecule is COC(=O)C[C@H]1CC[C@@H]2O[C@@H]3C[C@]2(C[C@@H](O)[C@H]3O)O1.